The van der Waals surface area contributed by atoms with E-state index < -0.39 is 0 Å². The monoisotopic (exact) mass is 255 g/mol. The van der Waals surface area contributed by atoms with Crippen molar-refractivity contribution in [2.45, 2.75) is 32.2 Å². The first-order valence-electron chi connectivity index (χ1n) is 6.35. The van der Waals surface area contributed by atoms with E-state index in [1.54, 1.807) is 0 Å². The molecule has 0 bridgehead atoms. The Morgan fingerprint density at radius 3 is 2.61 bits per heavy atom. The lowest BCUT2D eigenvalue weighted by atomic mass is 9.77. The highest BCUT2D eigenvalue weighted by molar-refractivity contribution is 7.80. The van der Waals surface area contributed by atoms with Crippen LogP contribution in [-0.4, -0.2) is 10.5 Å². The van der Waals surface area contributed by atoms with E-state index in [-0.39, 0.29) is 5.54 Å². The molecule has 0 saturated heterocycles. The van der Waals surface area contributed by atoms with Crippen LogP contribution in [0.2, 0.25) is 0 Å². The number of fused-ring (bicyclic) bond motifs is 3. The lowest BCUT2D eigenvalue weighted by molar-refractivity contribution is 0.382. The molecule has 92 valence electrons. The van der Waals surface area contributed by atoms with Gasteiger partial charge >= 0.3 is 0 Å². The summed E-state index contributed by atoms with van der Waals surface area (Å²) in [6.45, 7) is 6.69. The summed E-state index contributed by atoms with van der Waals surface area (Å²) in [5.74, 6) is 0.448. The Bertz CT molecular complexity index is 643. The number of benzene rings is 2. The Balaban J connectivity index is 2.35. The summed E-state index contributed by atoms with van der Waals surface area (Å²) in [5, 5.41) is 6.00. The largest absolute Gasteiger partial charge is 0.370 e. The maximum Gasteiger partial charge on any atom is 0.107 e. The average molecular weight is 255 g/mol. The van der Waals surface area contributed by atoms with Gasteiger partial charge in [0, 0.05) is 17.0 Å². The molecule has 0 aromatic heterocycles. The topological polar surface area (TPSA) is 12.0 Å². The standard InChI is InChI=1S/C16H17NS/c1-10-12-9-8-11-6-4-5-7-13(11)14(12)15(18)17-16(10,2)3/h4-10H,1-3H3,(H,17,18). The first kappa shape index (κ1) is 11.7. The molecule has 2 aromatic rings. The molecule has 0 fully saturated rings. The van der Waals surface area contributed by atoms with Crippen molar-refractivity contribution in [3.05, 3.63) is 47.5 Å². The first-order chi connectivity index (χ1) is 8.50. The summed E-state index contributed by atoms with van der Waals surface area (Å²) in [6, 6.07) is 12.9. The number of hydrogen-bond acceptors (Lipinski definition) is 1. The predicted molar refractivity (Wildman–Crippen MR) is 81.3 cm³/mol. The molecule has 0 spiro atoms. The van der Waals surface area contributed by atoms with E-state index in [2.05, 4.69) is 62.5 Å². The zero-order valence-corrected chi connectivity index (χ0v) is 11.8. The van der Waals surface area contributed by atoms with Gasteiger partial charge in [0.15, 0.2) is 0 Å². The van der Waals surface area contributed by atoms with Crippen molar-refractivity contribution < 1.29 is 0 Å². The fourth-order valence-electron chi connectivity index (χ4n) is 2.75. The zero-order chi connectivity index (χ0) is 12.9. The van der Waals surface area contributed by atoms with Gasteiger partial charge in [-0.15, -0.1) is 0 Å². The number of thiocarbonyl (C=S) groups is 1. The molecule has 1 aliphatic heterocycles. The molecule has 2 heteroatoms. The summed E-state index contributed by atoms with van der Waals surface area (Å²) in [7, 11) is 0. The second-order valence-electron chi connectivity index (χ2n) is 5.65. The maximum atomic E-state index is 5.58. The molecule has 1 nitrogen and oxygen atoms in total. The summed E-state index contributed by atoms with van der Waals surface area (Å²) >= 11 is 5.58. The first-order valence-corrected chi connectivity index (χ1v) is 6.76. The van der Waals surface area contributed by atoms with Crippen LogP contribution in [0, 0.1) is 0 Å². The van der Waals surface area contributed by atoms with Crippen LogP contribution in [0.15, 0.2) is 36.4 Å². The van der Waals surface area contributed by atoms with Crippen molar-refractivity contribution in [1.82, 2.24) is 5.32 Å². The van der Waals surface area contributed by atoms with E-state index in [0.29, 0.717) is 5.92 Å². The Morgan fingerprint density at radius 2 is 1.83 bits per heavy atom. The molecule has 1 heterocycles. The Hall–Kier alpha value is -1.41. The maximum absolute atomic E-state index is 5.58. The summed E-state index contributed by atoms with van der Waals surface area (Å²) in [6.07, 6.45) is 0. The van der Waals surface area contributed by atoms with Gasteiger partial charge in [-0.2, -0.15) is 0 Å². The Kier molecular flexibility index (Phi) is 2.46. The van der Waals surface area contributed by atoms with Crippen molar-refractivity contribution in [2.24, 2.45) is 0 Å². The van der Waals surface area contributed by atoms with E-state index in [1.807, 2.05) is 0 Å². The molecule has 0 aliphatic carbocycles. The molecule has 0 radical (unpaired) electrons. The highest BCUT2D eigenvalue weighted by Gasteiger charge is 2.35. The van der Waals surface area contributed by atoms with Crippen LogP contribution in [0.3, 0.4) is 0 Å². The lowest BCUT2D eigenvalue weighted by Crippen LogP contribution is -2.50. The van der Waals surface area contributed by atoms with Gasteiger partial charge in [0.25, 0.3) is 0 Å². The molecule has 1 unspecified atom stereocenters. The van der Waals surface area contributed by atoms with Crippen LogP contribution >= 0.6 is 12.2 Å². The fourth-order valence-corrected chi connectivity index (χ4v) is 3.25. The Morgan fingerprint density at radius 1 is 1.11 bits per heavy atom. The highest BCUT2D eigenvalue weighted by Crippen LogP contribution is 2.37. The van der Waals surface area contributed by atoms with Crippen LogP contribution in [-0.2, 0) is 0 Å². The van der Waals surface area contributed by atoms with Crippen LogP contribution in [0.4, 0.5) is 0 Å². The molecule has 18 heavy (non-hydrogen) atoms. The predicted octanol–water partition coefficient (Wildman–Crippen LogP) is 4.00. The van der Waals surface area contributed by atoms with Gasteiger partial charge in [-0.05, 0) is 30.2 Å². The Labute approximate surface area is 113 Å². The highest BCUT2D eigenvalue weighted by atomic mass is 32.1. The second-order valence-corrected chi connectivity index (χ2v) is 6.06. The van der Waals surface area contributed by atoms with Crippen molar-refractivity contribution in [3.63, 3.8) is 0 Å². The molecule has 1 atom stereocenters. The van der Waals surface area contributed by atoms with Crippen LogP contribution in [0.5, 0.6) is 0 Å². The quantitative estimate of drug-likeness (QED) is 0.714. The van der Waals surface area contributed by atoms with Gasteiger partial charge in [0.05, 0.1) is 0 Å². The number of hydrogen-bond donors (Lipinski definition) is 1. The van der Waals surface area contributed by atoms with Crippen LogP contribution < -0.4 is 5.32 Å². The molecular weight excluding hydrogens is 238 g/mol. The van der Waals surface area contributed by atoms with Gasteiger partial charge in [0.1, 0.15) is 4.99 Å². The van der Waals surface area contributed by atoms with Gasteiger partial charge in [-0.25, -0.2) is 0 Å². The minimum Gasteiger partial charge on any atom is -0.370 e. The van der Waals surface area contributed by atoms with Crippen molar-refractivity contribution >= 4 is 28.0 Å². The van der Waals surface area contributed by atoms with E-state index in [9.17, 15) is 0 Å². The third kappa shape index (κ3) is 1.56. The van der Waals surface area contributed by atoms with Crippen LogP contribution in [0.1, 0.15) is 37.8 Å². The van der Waals surface area contributed by atoms with E-state index >= 15 is 0 Å². The second kappa shape index (κ2) is 3.79. The normalized spacial score (nSPS) is 21.5. The van der Waals surface area contributed by atoms with E-state index in [4.69, 9.17) is 12.2 Å². The molecule has 0 amide bonds. The fraction of sp³-hybridized carbons (Fsp3) is 0.312. The summed E-state index contributed by atoms with van der Waals surface area (Å²) < 4.78 is 0. The van der Waals surface area contributed by atoms with Crippen molar-refractivity contribution in [3.8, 4) is 0 Å². The molecule has 2 aromatic carbocycles. The van der Waals surface area contributed by atoms with Crippen molar-refractivity contribution in [2.75, 3.05) is 0 Å². The molecular formula is C16H17NS. The average Bonchev–Trinajstić information content (AvgIpc) is 2.34. The summed E-state index contributed by atoms with van der Waals surface area (Å²) in [4.78, 5) is 0.880. The lowest BCUT2D eigenvalue weighted by Gasteiger charge is -2.40. The summed E-state index contributed by atoms with van der Waals surface area (Å²) in [5.41, 5.74) is 2.60. The number of rotatable bonds is 0. The minimum absolute atomic E-state index is 0.0204. The minimum atomic E-state index is 0.0204. The molecule has 1 N–H and O–H groups in total. The van der Waals surface area contributed by atoms with Gasteiger partial charge in [0.2, 0.25) is 0 Å². The van der Waals surface area contributed by atoms with E-state index in [1.165, 1.54) is 21.9 Å². The SMILES string of the molecule is CC1c2ccc3ccccc3c2C(=S)NC1(C)C. The van der Waals surface area contributed by atoms with Gasteiger partial charge < -0.3 is 5.32 Å². The molecule has 0 saturated carbocycles. The van der Waals surface area contributed by atoms with Crippen molar-refractivity contribution in [1.29, 1.82) is 0 Å². The number of nitrogens with one attached hydrogen (secondary N) is 1. The molecule has 1 aliphatic rings. The zero-order valence-electron chi connectivity index (χ0n) is 10.9. The van der Waals surface area contributed by atoms with Gasteiger partial charge in [-0.1, -0.05) is 55.5 Å². The van der Waals surface area contributed by atoms with Crippen LogP contribution in [0.25, 0.3) is 10.8 Å². The third-order valence-electron chi connectivity index (χ3n) is 4.17. The smallest absolute Gasteiger partial charge is 0.107 e. The van der Waals surface area contributed by atoms with Gasteiger partial charge in [-0.3, -0.25) is 0 Å². The third-order valence-corrected chi connectivity index (χ3v) is 4.48. The molecule has 3 rings (SSSR count). The van der Waals surface area contributed by atoms with E-state index in [0.717, 1.165) is 4.99 Å².